The Morgan fingerprint density at radius 1 is 1.09 bits per heavy atom. The van der Waals surface area contributed by atoms with Crippen molar-refractivity contribution in [2.45, 2.75) is 68.2 Å². The van der Waals surface area contributed by atoms with Gasteiger partial charge in [0.2, 0.25) is 0 Å². The lowest BCUT2D eigenvalue weighted by molar-refractivity contribution is 0.163. The van der Waals surface area contributed by atoms with E-state index in [0.717, 1.165) is 51.7 Å². The summed E-state index contributed by atoms with van der Waals surface area (Å²) < 4.78 is 46.5. The lowest BCUT2D eigenvalue weighted by Crippen LogP contribution is -2.51. The lowest BCUT2D eigenvalue weighted by atomic mass is 9.87. The molecule has 4 saturated heterocycles. The number of phenols is 1. The normalized spacial score (nSPS) is 30.7. The summed E-state index contributed by atoms with van der Waals surface area (Å²) in [6.45, 7) is 2.91. The van der Waals surface area contributed by atoms with Gasteiger partial charge in [0.15, 0.2) is 5.82 Å². The van der Waals surface area contributed by atoms with Gasteiger partial charge in [-0.3, -0.25) is 9.88 Å². The molecule has 5 unspecified atom stereocenters. The second-order valence-electron chi connectivity index (χ2n) is 13.7. The van der Waals surface area contributed by atoms with E-state index in [0.29, 0.717) is 52.9 Å². The van der Waals surface area contributed by atoms with Crippen LogP contribution in [0.15, 0.2) is 30.5 Å². The number of nitrogens with one attached hydrogen (secondary N) is 1. The molecule has 2 aromatic heterocycles. The van der Waals surface area contributed by atoms with E-state index in [-0.39, 0.29) is 45.5 Å². The third-order valence-corrected chi connectivity index (χ3v) is 11.1. The van der Waals surface area contributed by atoms with Crippen molar-refractivity contribution >= 4 is 27.5 Å². The molecule has 6 atom stereocenters. The van der Waals surface area contributed by atoms with Gasteiger partial charge >= 0.3 is 0 Å². The molecule has 4 aromatic rings. The number of pyridine rings is 1. The van der Waals surface area contributed by atoms with Gasteiger partial charge in [0.25, 0.3) is 0 Å². The van der Waals surface area contributed by atoms with E-state index in [1.54, 1.807) is 6.20 Å². The number of anilines is 1. The largest absolute Gasteiger partial charge is 0.508 e. The van der Waals surface area contributed by atoms with Crippen LogP contribution in [0.4, 0.5) is 19.0 Å². The molecule has 5 fully saturated rings. The highest BCUT2D eigenvalue weighted by Crippen LogP contribution is 2.61. The van der Waals surface area contributed by atoms with Gasteiger partial charge in [0.05, 0.1) is 10.9 Å². The number of aromatic hydroxyl groups is 1. The number of phenolic OH excluding ortho intramolecular Hbond substituents is 1. The number of fused-ring (bicyclic) bond motifs is 5. The first-order valence-corrected chi connectivity index (χ1v) is 16.0. The predicted molar refractivity (Wildman–Crippen MR) is 166 cm³/mol. The van der Waals surface area contributed by atoms with E-state index in [1.165, 1.54) is 24.3 Å². The average Bonchev–Trinajstić information content (AvgIpc) is 3.50. The number of aromatic nitrogens is 3. The maximum absolute atomic E-state index is 16.9. The van der Waals surface area contributed by atoms with Crippen LogP contribution in [0.1, 0.15) is 55.8 Å². The summed E-state index contributed by atoms with van der Waals surface area (Å²) >= 11 is 0. The van der Waals surface area contributed by atoms with Crippen molar-refractivity contribution < 1.29 is 18.3 Å². The lowest BCUT2D eigenvalue weighted by Gasteiger charge is -2.34. The molecule has 2 N–H and O–H groups in total. The molecule has 2 aromatic carbocycles. The van der Waals surface area contributed by atoms with Crippen molar-refractivity contribution in [3.8, 4) is 29.4 Å². The van der Waals surface area contributed by atoms with Gasteiger partial charge in [-0.25, -0.2) is 23.1 Å². The van der Waals surface area contributed by atoms with E-state index < -0.39 is 17.8 Å². The van der Waals surface area contributed by atoms with Crippen molar-refractivity contribution in [1.29, 1.82) is 0 Å². The smallest absolute Gasteiger partial charge is 0.175 e. The minimum Gasteiger partial charge on any atom is -0.508 e. The van der Waals surface area contributed by atoms with Crippen molar-refractivity contribution in [1.82, 2.24) is 25.2 Å². The maximum Gasteiger partial charge on any atom is 0.175 e. The van der Waals surface area contributed by atoms with Crippen LogP contribution in [0.2, 0.25) is 0 Å². The van der Waals surface area contributed by atoms with Crippen LogP contribution < -0.4 is 10.2 Å². The molecular weight excluding hydrogens is 577 g/mol. The SMILES string of the molecule is C#Cc1c(F)ccc2cc(O)cc(-c3ncc4c(N5CC6CCC(C5)N6)nc(C5CC5C56CCCN5C[C@H](F)C6)nc4c3F)c12. The fourth-order valence-corrected chi connectivity index (χ4v) is 9.17. The Bertz CT molecular complexity index is 1930. The predicted octanol–water partition coefficient (Wildman–Crippen LogP) is 5.43. The summed E-state index contributed by atoms with van der Waals surface area (Å²) in [6, 6.07) is 6.27. The summed E-state index contributed by atoms with van der Waals surface area (Å²) in [7, 11) is 0. The van der Waals surface area contributed by atoms with Gasteiger partial charge in [0, 0.05) is 60.3 Å². The maximum atomic E-state index is 16.9. The molecule has 1 saturated carbocycles. The summed E-state index contributed by atoms with van der Waals surface area (Å²) in [5.41, 5.74) is 0.0822. The summed E-state index contributed by atoms with van der Waals surface area (Å²) in [5.74, 6) is 2.50. The standard InChI is InChI=1S/C35H33F3N6O/c1-2-23-28(37)7-4-18-10-22(45)11-25(29(18)23)31-30(38)32-26(14-39-31)34(43-16-20-5-6-21(17-43)40-20)42-33(41-32)24-12-27(24)35-8-3-9-44(35)15-19(36)13-35/h1,4,7,10-11,14,19-21,24,27,40,45H,3,5-6,8-9,12-13,15-17H2/t19-,20?,21?,24?,27?,35?/m1/s1. The number of alkyl halides is 1. The Balaban J connectivity index is 1.22. The Morgan fingerprint density at radius 2 is 1.91 bits per heavy atom. The highest BCUT2D eigenvalue weighted by Gasteiger charge is 2.62. The van der Waals surface area contributed by atoms with Crippen LogP contribution >= 0.6 is 0 Å². The third kappa shape index (κ3) is 4.09. The van der Waals surface area contributed by atoms with Gasteiger partial charge in [-0.05, 0) is 74.6 Å². The zero-order valence-corrected chi connectivity index (χ0v) is 24.7. The van der Waals surface area contributed by atoms with Crippen LogP contribution in [-0.2, 0) is 0 Å². The van der Waals surface area contributed by atoms with E-state index in [9.17, 15) is 13.9 Å². The topological polar surface area (TPSA) is 77.4 Å². The number of hydrogen-bond acceptors (Lipinski definition) is 7. The van der Waals surface area contributed by atoms with Crippen molar-refractivity contribution in [2.24, 2.45) is 5.92 Å². The Hall–Kier alpha value is -3.94. The second-order valence-corrected chi connectivity index (χ2v) is 13.7. The molecule has 7 nitrogen and oxygen atoms in total. The monoisotopic (exact) mass is 610 g/mol. The summed E-state index contributed by atoms with van der Waals surface area (Å²) in [5, 5.41) is 15.5. The first-order chi connectivity index (χ1) is 21.8. The minimum atomic E-state index is -0.822. The number of nitrogens with zero attached hydrogens (tertiary/aromatic N) is 5. The molecule has 0 amide bonds. The number of piperazine rings is 1. The molecule has 230 valence electrons. The molecule has 4 aliphatic heterocycles. The van der Waals surface area contributed by atoms with E-state index >= 15 is 4.39 Å². The molecule has 0 spiro atoms. The fourth-order valence-electron chi connectivity index (χ4n) is 9.17. The Morgan fingerprint density at radius 3 is 2.71 bits per heavy atom. The van der Waals surface area contributed by atoms with Gasteiger partial charge in [-0.1, -0.05) is 12.0 Å². The van der Waals surface area contributed by atoms with Crippen LogP contribution in [0.25, 0.3) is 32.9 Å². The number of hydrogen-bond donors (Lipinski definition) is 2. The van der Waals surface area contributed by atoms with Crippen molar-refractivity contribution in [2.75, 3.05) is 31.1 Å². The van der Waals surface area contributed by atoms with Gasteiger partial charge in [-0.15, -0.1) is 6.42 Å². The van der Waals surface area contributed by atoms with Crippen molar-refractivity contribution in [3.05, 3.63) is 53.5 Å². The quantitative estimate of drug-likeness (QED) is 0.299. The van der Waals surface area contributed by atoms with Crippen LogP contribution in [0.3, 0.4) is 0 Å². The Labute approximate surface area is 258 Å². The fraction of sp³-hybridized carbons (Fsp3) is 0.457. The first-order valence-electron chi connectivity index (χ1n) is 16.0. The number of terminal acetylenes is 1. The zero-order chi connectivity index (χ0) is 30.6. The molecule has 10 heteroatoms. The van der Waals surface area contributed by atoms with Crippen LogP contribution in [0, 0.1) is 29.9 Å². The number of benzene rings is 2. The molecule has 6 heterocycles. The molecular formula is C35H33F3N6O. The van der Waals surface area contributed by atoms with E-state index in [1.807, 2.05) is 0 Å². The van der Waals surface area contributed by atoms with Gasteiger partial charge in [-0.2, -0.15) is 0 Å². The van der Waals surface area contributed by atoms with Crippen molar-refractivity contribution in [3.63, 3.8) is 0 Å². The highest BCUT2D eigenvalue weighted by atomic mass is 19.1. The highest BCUT2D eigenvalue weighted by molar-refractivity contribution is 6.03. The molecule has 45 heavy (non-hydrogen) atoms. The molecule has 5 aliphatic rings. The van der Waals surface area contributed by atoms with Crippen LogP contribution in [0.5, 0.6) is 5.75 Å². The summed E-state index contributed by atoms with van der Waals surface area (Å²) in [6.07, 6.45) is 12.1. The molecule has 9 rings (SSSR count). The zero-order valence-electron chi connectivity index (χ0n) is 24.7. The number of rotatable bonds is 4. The van der Waals surface area contributed by atoms with Crippen LogP contribution in [-0.4, -0.2) is 74.9 Å². The second kappa shape index (κ2) is 9.78. The first kappa shape index (κ1) is 27.4. The molecule has 2 bridgehead atoms. The summed E-state index contributed by atoms with van der Waals surface area (Å²) in [4.78, 5) is 19.1. The minimum absolute atomic E-state index is 0.0124. The van der Waals surface area contributed by atoms with Gasteiger partial charge in [0.1, 0.15) is 40.6 Å². The van der Waals surface area contributed by atoms with Gasteiger partial charge < -0.3 is 15.3 Å². The molecule has 1 aliphatic carbocycles. The van der Waals surface area contributed by atoms with E-state index in [2.05, 4.69) is 26.0 Å². The Kier molecular flexibility index (Phi) is 5.95. The molecule has 0 radical (unpaired) electrons. The number of halogens is 3. The third-order valence-electron chi connectivity index (χ3n) is 11.1. The van der Waals surface area contributed by atoms with E-state index in [4.69, 9.17) is 16.4 Å². The average molecular weight is 611 g/mol.